The SMILES string of the molecule is CC/C(C)=C/c1cc(C)on1. The molecule has 0 bridgehead atoms. The molecule has 2 nitrogen and oxygen atoms in total. The standard InChI is InChI=1S/C9H13NO/c1-4-7(2)5-9-6-8(3)11-10-9/h5-6H,4H2,1-3H3/b7-5+. The van der Waals surface area contributed by atoms with Crippen LogP contribution in [0.1, 0.15) is 31.7 Å². The molecule has 0 saturated heterocycles. The Kier molecular flexibility index (Phi) is 2.47. The van der Waals surface area contributed by atoms with Gasteiger partial charge in [-0.05, 0) is 26.3 Å². The van der Waals surface area contributed by atoms with Gasteiger partial charge in [0, 0.05) is 6.07 Å². The fourth-order valence-corrected chi connectivity index (χ4v) is 0.808. The molecule has 1 rings (SSSR count). The third-order valence-corrected chi connectivity index (χ3v) is 1.60. The first-order valence-electron chi connectivity index (χ1n) is 3.83. The van der Waals surface area contributed by atoms with Crippen LogP contribution in [0.3, 0.4) is 0 Å². The van der Waals surface area contributed by atoms with Crippen molar-refractivity contribution in [3.63, 3.8) is 0 Å². The van der Waals surface area contributed by atoms with Crippen molar-refractivity contribution in [1.82, 2.24) is 5.16 Å². The Balaban J connectivity index is 2.78. The van der Waals surface area contributed by atoms with Crippen molar-refractivity contribution in [1.29, 1.82) is 0 Å². The maximum Gasteiger partial charge on any atom is 0.134 e. The summed E-state index contributed by atoms with van der Waals surface area (Å²) in [6, 6.07) is 1.93. The van der Waals surface area contributed by atoms with E-state index in [1.165, 1.54) is 5.57 Å². The molecule has 1 aromatic rings. The zero-order chi connectivity index (χ0) is 8.27. The molecular weight excluding hydrogens is 138 g/mol. The van der Waals surface area contributed by atoms with Gasteiger partial charge in [0.25, 0.3) is 0 Å². The molecule has 0 aromatic carbocycles. The Morgan fingerprint density at radius 3 is 2.91 bits per heavy atom. The van der Waals surface area contributed by atoms with E-state index < -0.39 is 0 Å². The van der Waals surface area contributed by atoms with E-state index in [1.54, 1.807) is 0 Å². The van der Waals surface area contributed by atoms with Gasteiger partial charge in [-0.1, -0.05) is 17.7 Å². The molecular formula is C9H13NO. The Labute approximate surface area is 66.9 Å². The highest BCUT2D eigenvalue weighted by atomic mass is 16.5. The minimum absolute atomic E-state index is 0.861. The lowest BCUT2D eigenvalue weighted by Crippen LogP contribution is -1.73. The molecule has 60 valence electrons. The molecule has 0 amide bonds. The fourth-order valence-electron chi connectivity index (χ4n) is 0.808. The Hall–Kier alpha value is -1.05. The summed E-state index contributed by atoms with van der Waals surface area (Å²) in [5, 5.41) is 3.85. The number of rotatable bonds is 2. The zero-order valence-corrected chi connectivity index (χ0v) is 7.22. The van der Waals surface area contributed by atoms with Crippen LogP contribution in [-0.4, -0.2) is 5.16 Å². The summed E-state index contributed by atoms with van der Waals surface area (Å²) in [6.07, 6.45) is 3.10. The molecule has 0 unspecified atom stereocenters. The third-order valence-electron chi connectivity index (χ3n) is 1.60. The van der Waals surface area contributed by atoms with Crippen molar-refractivity contribution >= 4 is 6.08 Å². The van der Waals surface area contributed by atoms with Gasteiger partial charge in [-0.25, -0.2) is 0 Å². The number of hydrogen-bond acceptors (Lipinski definition) is 2. The highest BCUT2D eigenvalue weighted by molar-refractivity contribution is 5.47. The summed E-state index contributed by atoms with van der Waals surface area (Å²) in [5.41, 5.74) is 2.24. The predicted octanol–water partition coefficient (Wildman–Crippen LogP) is 2.80. The molecule has 0 saturated carbocycles. The molecule has 11 heavy (non-hydrogen) atoms. The van der Waals surface area contributed by atoms with Crippen LogP contribution in [-0.2, 0) is 0 Å². The molecule has 1 aromatic heterocycles. The maximum absolute atomic E-state index is 4.92. The molecule has 0 radical (unpaired) electrons. The van der Waals surface area contributed by atoms with Crippen LogP contribution in [0.2, 0.25) is 0 Å². The van der Waals surface area contributed by atoms with Gasteiger partial charge in [0.1, 0.15) is 11.5 Å². The summed E-state index contributed by atoms with van der Waals surface area (Å²) in [4.78, 5) is 0. The lowest BCUT2D eigenvalue weighted by molar-refractivity contribution is 0.396. The van der Waals surface area contributed by atoms with Crippen LogP contribution in [0, 0.1) is 6.92 Å². The van der Waals surface area contributed by atoms with Crippen LogP contribution in [0.15, 0.2) is 16.2 Å². The van der Waals surface area contributed by atoms with E-state index in [9.17, 15) is 0 Å². The van der Waals surface area contributed by atoms with E-state index in [4.69, 9.17) is 4.52 Å². The molecule has 0 aliphatic rings. The van der Waals surface area contributed by atoms with Crippen molar-refractivity contribution in [3.05, 3.63) is 23.1 Å². The fraction of sp³-hybridized carbons (Fsp3) is 0.444. The van der Waals surface area contributed by atoms with Crippen LogP contribution >= 0.6 is 0 Å². The van der Waals surface area contributed by atoms with Crippen LogP contribution in [0.25, 0.3) is 6.08 Å². The number of allylic oxidation sites excluding steroid dienone is 1. The van der Waals surface area contributed by atoms with Crippen molar-refractivity contribution < 1.29 is 4.52 Å². The van der Waals surface area contributed by atoms with Gasteiger partial charge in [-0.3, -0.25) is 0 Å². The third kappa shape index (κ3) is 2.22. The largest absolute Gasteiger partial charge is 0.361 e. The van der Waals surface area contributed by atoms with Gasteiger partial charge < -0.3 is 4.52 Å². The molecule has 0 aliphatic heterocycles. The van der Waals surface area contributed by atoms with E-state index >= 15 is 0 Å². The van der Waals surface area contributed by atoms with Gasteiger partial charge >= 0.3 is 0 Å². The van der Waals surface area contributed by atoms with Crippen molar-refractivity contribution in [2.45, 2.75) is 27.2 Å². The highest BCUT2D eigenvalue weighted by Crippen LogP contribution is 2.08. The first kappa shape index (κ1) is 8.05. The van der Waals surface area contributed by atoms with E-state index in [0.717, 1.165) is 17.9 Å². The Morgan fingerprint density at radius 2 is 2.45 bits per heavy atom. The summed E-state index contributed by atoms with van der Waals surface area (Å²) in [7, 11) is 0. The second-order valence-electron chi connectivity index (χ2n) is 2.71. The number of aryl methyl sites for hydroxylation is 1. The second kappa shape index (κ2) is 3.37. The number of hydrogen-bond donors (Lipinski definition) is 0. The first-order valence-corrected chi connectivity index (χ1v) is 3.83. The smallest absolute Gasteiger partial charge is 0.134 e. The molecule has 0 N–H and O–H groups in total. The lowest BCUT2D eigenvalue weighted by Gasteiger charge is -1.89. The van der Waals surface area contributed by atoms with E-state index in [0.29, 0.717) is 0 Å². The van der Waals surface area contributed by atoms with Gasteiger partial charge in [0.05, 0.1) is 0 Å². The van der Waals surface area contributed by atoms with Crippen molar-refractivity contribution in [3.8, 4) is 0 Å². The minimum Gasteiger partial charge on any atom is -0.361 e. The van der Waals surface area contributed by atoms with Gasteiger partial charge in [0.2, 0.25) is 0 Å². The lowest BCUT2D eigenvalue weighted by atomic mass is 10.2. The average molecular weight is 151 g/mol. The molecule has 0 atom stereocenters. The first-order chi connectivity index (χ1) is 5.22. The zero-order valence-electron chi connectivity index (χ0n) is 7.22. The topological polar surface area (TPSA) is 26.0 Å². The van der Waals surface area contributed by atoms with E-state index in [2.05, 4.69) is 19.0 Å². The monoisotopic (exact) mass is 151 g/mol. The summed E-state index contributed by atoms with van der Waals surface area (Å²) < 4.78 is 4.92. The van der Waals surface area contributed by atoms with Crippen LogP contribution < -0.4 is 0 Å². The van der Waals surface area contributed by atoms with Gasteiger partial charge in [-0.2, -0.15) is 0 Å². The number of aromatic nitrogens is 1. The van der Waals surface area contributed by atoms with Crippen molar-refractivity contribution in [2.24, 2.45) is 0 Å². The Bertz CT molecular complexity index is 260. The highest BCUT2D eigenvalue weighted by Gasteiger charge is 1.95. The molecule has 0 spiro atoms. The Morgan fingerprint density at radius 1 is 1.73 bits per heavy atom. The second-order valence-corrected chi connectivity index (χ2v) is 2.71. The molecule has 1 heterocycles. The molecule has 2 heteroatoms. The normalized spacial score (nSPS) is 12.1. The minimum atomic E-state index is 0.861. The quantitative estimate of drug-likeness (QED) is 0.649. The van der Waals surface area contributed by atoms with Crippen LogP contribution in [0.5, 0.6) is 0 Å². The summed E-state index contributed by atoms with van der Waals surface area (Å²) in [6.45, 7) is 6.11. The van der Waals surface area contributed by atoms with E-state index in [-0.39, 0.29) is 0 Å². The molecule has 0 aliphatic carbocycles. The average Bonchev–Trinajstić information content (AvgIpc) is 2.35. The summed E-state index contributed by atoms with van der Waals surface area (Å²) >= 11 is 0. The van der Waals surface area contributed by atoms with Crippen molar-refractivity contribution in [2.75, 3.05) is 0 Å². The summed E-state index contributed by atoms with van der Waals surface area (Å²) in [5.74, 6) is 0.861. The maximum atomic E-state index is 4.92. The predicted molar refractivity (Wildman–Crippen MR) is 45.2 cm³/mol. The van der Waals surface area contributed by atoms with Gasteiger partial charge in [0.15, 0.2) is 0 Å². The number of nitrogens with zero attached hydrogens (tertiary/aromatic N) is 1. The van der Waals surface area contributed by atoms with E-state index in [1.807, 2.05) is 19.1 Å². The van der Waals surface area contributed by atoms with Crippen LogP contribution in [0.4, 0.5) is 0 Å². The van der Waals surface area contributed by atoms with Gasteiger partial charge in [-0.15, -0.1) is 0 Å². The molecule has 0 fully saturated rings.